The molecule has 0 aliphatic carbocycles. The van der Waals surface area contributed by atoms with E-state index < -0.39 is 0 Å². The number of ether oxygens (including phenoxy) is 3. The Morgan fingerprint density at radius 1 is 1.05 bits per heavy atom. The molecule has 0 aliphatic heterocycles. The maximum Gasteiger partial charge on any atom is 0.162 e. The van der Waals surface area contributed by atoms with Gasteiger partial charge < -0.3 is 14.2 Å². The number of alkyl halides is 1. The third-order valence-corrected chi connectivity index (χ3v) is 5.43. The van der Waals surface area contributed by atoms with E-state index in [1.165, 1.54) is 0 Å². The van der Waals surface area contributed by atoms with Crippen molar-refractivity contribution in [1.29, 1.82) is 0 Å². The molecular formula is C14H14BrClO3S. The maximum atomic E-state index is 6.34. The zero-order chi connectivity index (χ0) is 14.7. The summed E-state index contributed by atoms with van der Waals surface area (Å²) in [5.41, 5.74) is 0.907. The van der Waals surface area contributed by atoms with Crippen molar-refractivity contribution in [3.8, 4) is 17.2 Å². The summed E-state index contributed by atoms with van der Waals surface area (Å²) >= 11 is 11.6. The Morgan fingerprint density at radius 2 is 1.65 bits per heavy atom. The summed E-state index contributed by atoms with van der Waals surface area (Å²) in [4.78, 5) is 0.992. The molecular weight excluding hydrogens is 364 g/mol. The zero-order valence-electron chi connectivity index (χ0n) is 11.3. The van der Waals surface area contributed by atoms with Crippen molar-refractivity contribution in [1.82, 2.24) is 0 Å². The van der Waals surface area contributed by atoms with Gasteiger partial charge in [-0.05, 0) is 23.1 Å². The molecule has 0 radical (unpaired) electrons. The van der Waals surface area contributed by atoms with Crippen molar-refractivity contribution in [2.45, 2.75) is 4.83 Å². The number of hydrogen-bond acceptors (Lipinski definition) is 4. The van der Waals surface area contributed by atoms with E-state index in [0.717, 1.165) is 16.2 Å². The van der Waals surface area contributed by atoms with Crippen molar-refractivity contribution in [3.05, 3.63) is 39.0 Å². The van der Waals surface area contributed by atoms with Gasteiger partial charge in [-0.2, -0.15) is 0 Å². The van der Waals surface area contributed by atoms with Crippen LogP contribution in [0.3, 0.4) is 0 Å². The third-order valence-electron chi connectivity index (χ3n) is 2.88. The number of halogens is 2. The van der Waals surface area contributed by atoms with Crippen LogP contribution < -0.4 is 14.2 Å². The van der Waals surface area contributed by atoms with Crippen LogP contribution in [-0.2, 0) is 0 Å². The molecule has 6 heteroatoms. The van der Waals surface area contributed by atoms with Gasteiger partial charge in [-0.1, -0.05) is 27.5 Å². The first-order valence-corrected chi connectivity index (χ1v) is 7.96. The number of methoxy groups -OCH3 is 3. The Bertz CT molecular complexity index is 600. The molecule has 0 spiro atoms. The van der Waals surface area contributed by atoms with Crippen LogP contribution in [0, 0.1) is 0 Å². The van der Waals surface area contributed by atoms with Gasteiger partial charge in [0.1, 0.15) is 5.75 Å². The molecule has 0 fully saturated rings. The lowest BCUT2D eigenvalue weighted by atomic mass is 10.1. The standard InChI is InChI=1S/C14H14BrClO3S/c1-17-10-4-5-20-14(10)13(15)8-6-11(18-2)12(19-3)7-9(8)16/h4-7,13H,1-3H3. The van der Waals surface area contributed by atoms with E-state index in [1.54, 1.807) is 38.7 Å². The normalized spacial score (nSPS) is 12.1. The second-order valence-corrected chi connectivity index (χ2v) is 6.22. The fourth-order valence-corrected chi connectivity index (χ4v) is 4.04. The molecule has 0 saturated heterocycles. The molecule has 2 aromatic rings. The van der Waals surface area contributed by atoms with Gasteiger partial charge in [-0.3, -0.25) is 0 Å². The molecule has 1 heterocycles. The minimum atomic E-state index is -0.0650. The summed E-state index contributed by atoms with van der Waals surface area (Å²) in [5, 5.41) is 2.59. The van der Waals surface area contributed by atoms with Crippen LogP contribution >= 0.6 is 38.9 Å². The smallest absolute Gasteiger partial charge is 0.162 e. The van der Waals surface area contributed by atoms with Crippen molar-refractivity contribution >= 4 is 38.9 Å². The Labute approximate surface area is 135 Å². The predicted octanol–water partition coefficient (Wildman–Crippen LogP) is 4.91. The second kappa shape index (κ2) is 6.70. The fraction of sp³-hybridized carbons (Fsp3) is 0.286. The first kappa shape index (κ1) is 15.5. The summed E-state index contributed by atoms with van der Waals surface area (Å²) < 4.78 is 15.9. The van der Waals surface area contributed by atoms with Gasteiger partial charge in [0, 0.05) is 11.1 Å². The molecule has 0 bridgehead atoms. The van der Waals surface area contributed by atoms with Crippen molar-refractivity contribution in [3.63, 3.8) is 0 Å². The van der Waals surface area contributed by atoms with Crippen LogP contribution in [0.15, 0.2) is 23.6 Å². The number of thiophene rings is 1. The van der Waals surface area contributed by atoms with Gasteiger partial charge in [-0.15, -0.1) is 11.3 Å². The maximum absolute atomic E-state index is 6.34. The summed E-state index contributed by atoms with van der Waals surface area (Å²) in [5.74, 6) is 2.09. The highest BCUT2D eigenvalue weighted by Crippen LogP contribution is 2.45. The third kappa shape index (κ3) is 2.90. The van der Waals surface area contributed by atoms with Crippen molar-refractivity contribution in [2.24, 2.45) is 0 Å². The predicted molar refractivity (Wildman–Crippen MR) is 86.2 cm³/mol. The first-order valence-electron chi connectivity index (χ1n) is 5.79. The molecule has 0 amide bonds. The van der Waals surface area contributed by atoms with Gasteiger partial charge in [-0.25, -0.2) is 0 Å². The SMILES string of the molecule is COc1cc(Cl)c(C(Br)c2sccc2OC)cc1OC. The number of benzene rings is 1. The van der Waals surface area contributed by atoms with E-state index in [9.17, 15) is 0 Å². The molecule has 1 unspecified atom stereocenters. The van der Waals surface area contributed by atoms with E-state index >= 15 is 0 Å². The van der Waals surface area contributed by atoms with E-state index in [2.05, 4.69) is 15.9 Å². The van der Waals surface area contributed by atoms with Crippen molar-refractivity contribution < 1.29 is 14.2 Å². The Morgan fingerprint density at radius 3 is 2.25 bits per heavy atom. The molecule has 1 aromatic heterocycles. The number of rotatable bonds is 5. The molecule has 3 nitrogen and oxygen atoms in total. The lowest BCUT2D eigenvalue weighted by Crippen LogP contribution is -1.97. The van der Waals surface area contributed by atoms with Crippen LogP contribution in [0.5, 0.6) is 17.2 Å². The van der Waals surface area contributed by atoms with Crippen LogP contribution in [-0.4, -0.2) is 21.3 Å². The van der Waals surface area contributed by atoms with Gasteiger partial charge >= 0.3 is 0 Å². The largest absolute Gasteiger partial charge is 0.496 e. The lowest BCUT2D eigenvalue weighted by Gasteiger charge is -2.16. The molecule has 0 saturated carbocycles. The van der Waals surface area contributed by atoms with E-state index in [-0.39, 0.29) is 4.83 Å². The van der Waals surface area contributed by atoms with Crippen LogP contribution in [0.25, 0.3) is 0 Å². The summed E-state index contributed by atoms with van der Waals surface area (Å²) in [6, 6.07) is 5.56. The first-order chi connectivity index (χ1) is 9.62. The van der Waals surface area contributed by atoms with E-state index in [0.29, 0.717) is 16.5 Å². The monoisotopic (exact) mass is 376 g/mol. The molecule has 108 valence electrons. The second-order valence-electron chi connectivity index (χ2n) is 3.94. The minimum absolute atomic E-state index is 0.0650. The van der Waals surface area contributed by atoms with E-state index in [4.69, 9.17) is 25.8 Å². The van der Waals surface area contributed by atoms with Gasteiger partial charge in [0.25, 0.3) is 0 Å². The van der Waals surface area contributed by atoms with Crippen molar-refractivity contribution in [2.75, 3.05) is 21.3 Å². The molecule has 1 atom stereocenters. The fourth-order valence-electron chi connectivity index (χ4n) is 1.87. The quantitative estimate of drug-likeness (QED) is 0.693. The molecule has 0 aliphatic rings. The van der Waals surface area contributed by atoms with Gasteiger partial charge in [0.15, 0.2) is 11.5 Å². The average Bonchev–Trinajstić information content (AvgIpc) is 2.94. The number of hydrogen-bond donors (Lipinski definition) is 0. The van der Waals surface area contributed by atoms with Crippen LogP contribution in [0.4, 0.5) is 0 Å². The summed E-state index contributed by atoms with van der Waals surface area (Å²) in [6.07, 6.45) is 0. The zero-order valence-corrected chi connectivity index (χ0v) is 14.4. The minimum Gasteiger partial charge on any atom is -0.496 e. The highest BCUT2D eigenvalue weighted by Gasteiger charge is 2.21. The topological polar surface area (TPSA) is 27.7 Å². The van der Waals surface area contributed by atoms with Gasteiger partial charge in [0.05, 0.1) is 31.0 Å². The molecule has 1 aromatic carbocycles. The van der Waals surface area contributed by atoms with Crippen LogP contribution in [0.1, 0.15) is 15.3 Å². The molecule has 20 heavy (non-hydrogen) atoms. The Balaban J connectivity index is 2.46. The average molecular weight is 378 g/mol. The Kier molecular flexibility index (Phi) is 5.18. The lowest BCUT2D eigenvalue weighted by molar-refractivity contribution is 0.354. The highest BCUT2D eigenvalue weighted by molar-refractivity contribution is 9.09. The van der Waals surface area contributed by atoms with Gasteiger partial charge in [0.2, 0.25) is 0 Å². The Hall–Kier alpha value is -0.910. The van der Waals surface area contributed by atoms with Crippen LogP contribution in [0.2, 0.25) is 5.02 Å². The van der Waals surface area contributed by atoms with E-state index in [1.807, 2.05) is 17.5 Å². The summed E-state index contributed by atoms with van der Waals surface area (Å²) in [7, 11) is 4.84. The molecule has 0 N–H and O–H groups in total. The highest BCUT2D eigenvalue weighted by atomic mass is 79.9. The summed E-state index contributed by atoms with van der Waals surface area (Å²) in [6.45, 7) is 0. The molecule has 2 rings (SSSR count).